The summed E-state index contributed by atoms with van der Waals surface area (Å²) < 4.78 is 41.9. The lowest BCUT2D eigenvalue weighted by Gasteiger charge is -2.33. The Hall–Kier alpha value is -1.35. The van der Waals surface area contributed by atoms with Gasteiger partial charge in [-0.1, -0.05) is 0 Å². The van der Waals surface area contributed by atoms with Gasteiger partial charge in [0.1, 0.15) is 0 Å². The second kappa shape index (κ2) is 7.60. The van der Waals surface area contributed by atoms with Crippen molar-refractivity contribution < 1.29 is 27.5 Å². The number of hydrogen-bond acceptors (Lipinski definition) is 4. The molecule has 0 unspecified atom stereocenters. The Morgan fingerprint density at radius 3 is 2.62 bits per heavy atom. The maximum Gasteiger partial charge on any atom is 0.389 e. The number of nitrogens with two attached hydrogens (primary N) is 1. The summed E-state index contributed by atoms with van der Waals surface area (Å²) >= 11 is 0. The van der Waals surface area contributed by atoms with Crippen LogP contribution >= 0.6 is 0 Å². The van der Waals surface area contributed by atoms with Gasteiger partial charge in [-0.2, -0.15) is 13.2 Å². The lowest BCUT2D eigenvalue weighted by Crippen LogP contribution is -2.49. The van der Waals surface area contributed by atoms with Crippen LogP contribution in [0.15, 0.2) is 0 Å². The number of amides is 2. The Morgan fingerprint density at radius 2 is 2.10 bits per heavy atom. The zero-order chi connectivity index (χ0) is 16.0. The van der Waals surface area contributed by atoms with E-state index in [-0.39, 0.29) is 12.6 Å². The molecule has 0 aliphatic carbocycles. The molecular formula is C12H20F3N3O3. The molecule has 0 saturated carbocycles. The predicted molar refractivity (Wildman–Crippen MR) is 68.3 cm³/mol. The topological polar surface area (TPSA) is 75.9 Å². The average molecular weight is 311 g/mol. The number of carbonyl (C=O) groups is 2. The first kappa shape index (κ1) is 17.7. The van der Waals surface area contributed by atoms with Crippen molar-refractivity contribution in [1.29, 1.82) is 0 Å². The highest BCUT2D eigenvalue weighted by Crippen LogP contribution is 2.22. The minimum absolute atomic E-state index is 0.0595. The molecule has 1 fully saturated rings. The molecule has 0 radical (unpaired) electrons. The Morgan fingerprint density at radius 1 is 1.43 bits per heavy atom. The molecule has 0 spiro atoms. The second-order valence-electron chi connectivity index (χ2n) is 5.11. The zero-order valence-corrected chi connectivity index (χ0v) is 11.9. The molecule has 122 valence electrons. The lowest BCUT2D eigenvalue weighted by atomic mass is 10.2. The molecule has 1 aliphatic rings. The van der Waals surface area contributed by atoms with E-state index in [4.69, 9.17) is 10.5 Å². The zero-order valence-electron chi connectivity index (χ0n) is 11.9. The molecule has 9 heteroatoms. The normalized spacial score (nSPS) is 20.3. The molecule has 1 heterocycles. The van der Waals surface area contributed by atoms with Crippen molar-refractivity contribution in [3.05, 3.63) is 0 Å². The van der Waals surface area contributed by atoms with Crippen molar-refractivity contribution in [1.82, 2.24) is 9.80 Å². The Kier molecular flexibility index (Phi) is 6.41. The molecule has 2 amide bonds. The monoisotopic (exact) mass is 311 g/mol. The molecule has 1 rings (SSSR count). The Balaban J connectivity index is 2.57. The average Bonchev–Trinajstić information content (AvgIpc) is 2.33. The first-order valence-electron chi connectivity index (χ1n) is 6.60. The lowest BCUT2D eigenvalue weighted by molar-refractivity contribution is -0.151. The van der Waals surface area contributed by atoms with Crippen LogP contribution in [0.2, 0.25) is 0 Å². The molecule has 0 aromatic rings. The van der Waals surface area contributed by atoms with E-state index < -0.39 is 37.4 Å². The van der Waals surface area contributed by atoms with Gasteiger partial charge >= 0.3 is 6.18 Å². The van der Waals surface area contributed by atoms with Crippen molar-refractivity contribution in [2.45, 2.75) is 25.1 Å². The van der Waals surface area contributed by atoms with Crippen LogP contribution in [-0.4, -0.2) is 73.7 Å². The van der Waals surface area contributed by atoms with Crippen molar-refractivity contribution in [2.24, 2.45) is 5.73 Å². The molecule has 1 atom stereocenters. The fourth-order valence-corrected chi connectivity index (χ4v) is 2.07. The van der Waals surface area contributed by atoms with Gasteiger partial charge in [0, 0.05) is 26.1 Å². The van der Waals surface area contributed by atoms with Gasteiger partial charge in [-0.3, -0.25) is 9.59 Å². The van der Waals surface area contributed by atoms with Crippen LogP contribution in [0.25, 0.3) is 0 Å². The second-order valence-corrected chi connectivity index (χ2v) is 5.11. The summed E-state index contributed by atoms with van der Waals surface area (Å²) in [4.78, 5) is 25.8. The van der Waals surface area contributed by atoms with Crippen LogP contribution in [0.4, 0.5) is 13.2 Å². The van der Waals surface area contributed by atoms with E-state index in [1.165, 1.54) is 0 Å². The number of morpholine rings is 1. The molecule has 21 heavy (non-hydrogen) atoms. The maximum absolute atomic E-state index is 12.2. The number of ether oxygens (including phenoxy) is 1. The van der Waals surface area contributed by atoms with Crippen LogP contribution in [0, 0.1) is 0 Å². The fourth-order valence-electron chi connectivity index (χ4n) is 2.07. The van der Waals surface area contributed by atoms with Gasteiger partial charge in [0.2, 0.25) is 11.8 Å². The van der Waals surface area contributed by atoms with Crippen molar-refractivity contribution in [3.63, 3.8) is 0 Å². The van der Waals surface area contributed by atoms with Crippen molar-refractivity contribution in [2.75, 3.05) is 39.8 Å². The van der Waals surface area contributed by atoms with Crippen LogP contribution in [0.1, 0.15) is 12.8 Å². The van der Waals surface area contributed by atoms with Crippen molar-refractivity contribution >= 4 is 11.8 Å². The van der Waals surface area contributed by atoms with E-state index >= 15 is 0 Å². The van der Waals surface area contributed by atoms with Gasteiger partial charge in [-0.25, -0.2) is 0 Å². The number of likely N-dealkylation sites (N-methyl/N-ethyl adjacent to an activating group) is 1. The van der Waals surface area contributed by atoms with E-state index in [0.29, 0.717) is 13.2 Å². The van der Waals surface area contributed by atoms with Gasteiger partial charge in [-0.15, -0.1) is 0 Å². The molecule has 6 nitrogen and oxygen atoms in total. The molecule has 0 aromatic carbocycles. The molecule has 0 bridgehead atoms. The first-order valence-corrected chi connectivity index (χ1v) is 6.60. The minimum Gasteiger partial charge on any atom is -0.374 e. The van der Waals surface area contributed by atoms with Gasteiger partial charge in [0.05, 0.1) is 25.7 Å². The summed E-state index contributed by atoms with van der Waals surface area (Å²) in [6, 6.07) is 0. The van der Waals surface area contributed by atoms with E-state index in [0.717, 1.165) is 11.4 Å². The number of halogens is 3. The van der Waals surface area contributed by atoms with Crippen molar-refractivity contribution in [3.8, 4) is 0 Å². The molecule has 0 aromatic heterocycles. The Labute approximate surface area is 121 Å². The van der Waals surface area contributed by atoms with Crippen LogP contribution in [0.5, 0.6) is 0 Å². The summed E-state index contributed by atoms with van der Waals surface area (Å²) in [6.07, 6.45) is -6.65. The highest BCUT2D eigenvalue weighted by atomic mass is 19.4. The highest BCUT2D eigenvalue weighted by molar-refractivity contribution is 5.83. The van der Waals surface area contributed by atoms with Crippen LogP contribution in [-0.2, 0) is 14.3 Å². The predicted octanol–water partition coefficient (Wildman–Crippen LogP) is -0.0266. The Bertz CT molecular complexity index is 376. The number of hydrogen-bond donors (Lipinski definition) is 1. The highest BCUT2D eigenvalue weighted by Gasteiger charge is 2.30. The number of primary amides is 1. The smallest absolute Gasteiger partial charge is 0.374 e. The SMILES string of the molecule is CN1CCO[C@H](CN(CC(N)=O)C(=O)CCC(F)(F)F)C1. The third kappa shape index (κ3) is 7.28. The molecule has 1 aliphatic heterocycles. The molecular weight excluding hydrogens is 291 g/mol. The van der Waals surface area contributed by atoms with Gasteiger partial charge < -0.3 is 20.3 Å². The largest absolute Gasteiger partial charge is 0.389 e. The van der Waals surface area contributed by atoms with Gasteiger partial charge in [0.25, 0.3) is 0 Å². The third-order valence-corrected chi connectivity index (χ3v) is 3.09. The van der Waals surface area contributed by atoms with Gasteiger partial charge in [0.15, 0.2) is 0 Å². The minimum atomic E-state index is -4.41. The summed E-state index contributed by atoms with van der Waals surface area (Å²) in [5.41, 5.74) is 5.04. The summed E-state index contributed by atoms with van der Waals surface area (Å²) in [7, 11) is 1.87. The summed E-state index contributed by atoms with van der Waals surface area (Å²) in [6.45, 7) is 1.42. The maximum atomic E-state index is 12.2. The first-order chi connectivity index (χ1) is 9.67. The van der Waals surface area contributed by atoms with Gasteiger partial charge in [-0.05, 0) is 7.05 Å². The van der Waals surface area contributed by atoms with Crippen LogP contribution in [0.3, 0.4) is 0 Å². The van der Waals surface area contributed by atoms with E-state index in [1.54, 1.807) is 0 Å². The van der Waals surface area contributed by atoms with E-state index in [1.807, 2.05) is 11.9 Å². The number of rotatable bonds is 6. The number of alkyl halides is 3. The number of nitrogens with zero attached hydrogens (tertiary/aromatic N) is 2. The number of carbonyl (C=O) groups excluding carboxylic acids is 2. The summed E-state index contributed by atoms with van der Waals surface area (Å²) in [5, 5.41) is 0. The fraction of sp³-hybridized carbons (Fsp3) is 0.833. The van der Waals surface area contributed by atoms with Crippen LogP contribution < -0.4 is 5.73 Å². The molecule has 2 N–H and O–H groups in total. The third-order valence-electron chi connectivity index (χ3n) is 3.09. The van der Waals surface area contributed by atoms with E-state index in [2.05, 4.69) is 0 Å². The van der Waals surface area contributed by atoms with E-state index in [9.17, 15) is 22.8 Å². The molecule has 1 saturated heterocycles. The standard InChI is InChI=1S/C12H20F3N3O3/c1-17-4-5-21-9(6-17)7-18(8-10(16)19)11(20)2-3-12(13,14)15/h9H,2-8H2,1H3,(H2,16,19)/t9-/m0/s1. The quantitative estimate of drug-likeness (QED) is 0.747. The summed E-state index contributed by atoms with van der Waals surface area (Å²) in [5.74, 6) is -1.51.